The third-order valence-electron chi connectivity index (χ3n) is 3.92. The fourth-order valence-electron chi connectivity index (χ4n) is 2.41. The minimum absolute atomic E-state index is 0.575. The highest BCUT2D eigenvalue weighted by Crippen LogP contribution is 2.36. The van der Waals surface area contributed by atoms with Gasteiger partial charge in [0, 0.05) is 0 Å². The predicted molar refractivity (Wildman–Crippen MR) is 96.4 cm³/mol. The lowest BCUT2D eigenvalue weighted by Crippen LogP contribution is -2.30. The zero-order chi connectivity index (χ0) is 18.1. The van der Waals surface area contributed by atoms with Gasteiger partial charge in [0.15, 0.2) is 0 Å². The Labute approximate surface area is 147 Å². The van der Waals surface area contributed by atoms with Crippen LogP contribution in [0.1, 0.15) is 78.4 Å². The van der Waals surface area contributed by atoms with Crippen molar-refractivity contribution >= 4 is 0 Å². The molecule has 0 aliphatic rings. The van der Waals surface area contributed by atoms with E-state index in [-0.39, 0.29) is 0 Å². The molecule has 0 radical (unpaired) electrons. The van der Waals surface area contributed by atoms with E-state index in [1.165, 1.54) is 0 Å². The molecule has 0 spiro atoms. The number of benzene rings is 1. The van der Waals surface area contributed by atoms with Crippen molar-refractivity contribution in [3.63, 3.8) is 0 Å². The molecule has 0 aromatic heterocycles. The van der Waals surface area contributed by atoms with Gasteiger partial charge >= 0.3 is 0 Å². The molecule has 138 valence electrons. The Bertz CT molecular complexity index is 425. The van der Waals surface area contributed by atoms with E-state index in [9.17, 15) is 0 Å². The fourth-order valence-corrected chi connectivity index (χ4v) is 2.41. The number of hydrogen-bond donors (Lipinski definition) is 0. The van der Waals surface area contributed by atoms with Gasteiger partial charge in [-0.1, -0.05) is 51.0 Å². The highest BCUT2D eigenvalue weighted by molar-refractivity contribution is 5.35. The Hall–Kier alpha value is -0.940. The van der Waals surface area contributed by atoms with Crippen LogP contribution in [0.25, 0.3) is 0 Å². The number of hydrogen-bond acceptors (Lipinski definition) is 4. The molecule has 0 saturated carbocycles. The predicted octanol–water partition coefficient (Wildman–Crippen LogP) is 5.65. The van der Waals surface area contributed by atoms with Crippen LogP contribution in [0.3, 0.4) is 0 Å². The van der Waals surface area contributed by atoms with Crippen LogP contribution in [0, 0.1) is 0 Å². The number of unbranched alkanes of at least 4 members (excludes halogenated alkanes) is 2. The molecule has 0 amide bonds. The van der Waals surface area contributed by atoms with Gasteiger partial charge in [-0.05, 0) is 51.7 Å². The van der Waals surface area contributed by atoms with Gasteiger partial charge in [-0.25, -0.2) is 19.6 Å². The standard InChI is InChI=1S/C20H34O4/c1-7-9-15-21-23-19(3,4)17-13-11-12-14-18(17)20(5,6)24-22-16-10-8-2/h11-14H,7-10,15-16H2,1-6H3. The molecule has 0 N–H and O–H groups in total. The smallest absolute Gasteiger partial charge is 0.123 e. The monoisotopic (exact) mass is 338 g/mol. The maximum Gasteiger partial charge on any atom is 0.123 e. The molecule has 0 unspecified atom stereocenters. The van der Waals surface area contributed by atoms with Gasteiger partial charge in [-0.3, -0.25) is 0 Å². The van der Waals surface area contributed by atoms with Crippen LogP contribution >= 0.6 is 0 Å². The Kier molecular flexibility index (Phi) is 8.92. The van der Waals surface area contributed by atoms with Crippen LogP contribution in [0.2, 0.25) is 0 Å². The summed E-state index contributed by atoms with van der Waals surface area (Å²) in [7, 11) is 0. The van der Waals surface area contributed by atoms with Crippen molar-refractivity contribution in [3.05, 3.63) is 35.4 Å². The van der Waals surface area contributed by atoms with Crippen LogP contribution in [-0.2, 0) is 30.8 Å². The lowest BCUT2D eigenvalue weighted by atomic mass is 9.85. The molecule has 0 heterocycles. The van der Waals surface area contributed by atoms with Crippen LogP contribution in [0.4, 0.5) is 0 Å². The van der Waals surface area contributed by atoms with Crippen molar-refractivity contribution in [1.29, 1.82) is 0 Å². The van der Waals surface area contributed by atoms with Crippen molar-refractivity contribution in [1.82, 2.24) is 0 Å². The number of rotatable bonds is 12. The quantitative estimate of drug-likeness (QED) is 0.280. The largest absolute Gasteiger partial charge is 0.236 e. The summed E-state index contributed by atoms with van der Waals surface area (Å²) in [6, 6.07) is 8.11. The van der Waals surface area contributed by atoms with Gasteiger partial charge in [0.2, 0.25) is 0 Å². The highest BCUT2D eigenvalue weighted by Gasteiger charge is 2.33. The van der Waals surface area contributed by atoms with E-state index in [2.05, 4.69) is 26.0 Å². The summed E-state index contributed by atoms with van der Waals surface area (Å²) in [6.45, 7) is 13.5. The topological polar surface area (TPSA) is 36.9 Å². The first-order chi connectivity index (χ1) is 11.3. The van der Waals surface area contributed by atoms with Crippen molar-refractivity contribution < 1.29 is 19.6 Å². The molecule has 0 fully saturated rings. The molecule has 0 aliphatic carbocycles. The van der Waals surface area contributed by atoms with E-state index >= 15 is 0 Å². The maximum absolute atomic E-state index is 5.70. The third kappa shape index (κ3) is 6.52. The molecule has 24 heavy (non-hydrogen) atoms. The summed E-state index contributed by atoms with van der Waals surface area (Å²) in [5.41, 5.74) is 0.916. The highest BCUT2D eigenvalue weighted by atomic mass is 17.2. The Balaban J connectivity index is 2.85. The molecule has 0 bridgehead atoms. The van der Waals surface area contributed by atoms with Gasteiger partial charge in [-0.15, -0.1) is 0 Å². The lowest BCUT2D eigenvalue weighted by molar-refractivity contribution is -0.365. The van der Waals surface area contributed by atoms with E-state index in [0.717, 1.165) is 36.8 Å². The van der Waals surface area contributed by atoms with E-state index in [1.54, 1.807) is 0 Å². The van der Waals surface area contributed by atoms with E-state index in [1.807, 2.05) is 39.8 Å². The molecule has 0 aliphatic heterocycles. The molecule has 0 atom stereocenters. The summed E-state index contributed by atoms with van der Waals surface area (Å²) in [5, 5.41) is 0. The molecule has 4 heteroatoms. The average Bonchev–Trinajstić information content (AvgIpc) is 2.56. The van der Waals surface area contributed by atoms with Gasteiger partial charge in [0.25, 0.3) is 0 Å². The molecule has 1 aromatic rings. The minimum Gasteiger partial charge on any atom is -0.236 e. The Morgan fingerprint density at radius 3 is 1.42 bits per heavy atom. The van der Waals surface area contributed by atoms with E-state index in [4.69, 9.17) is 19.6 Å². The molecular formula is C20H34O4. The van der Waals surface area contributed by atoms with Crippen molar-refractivity contribution in [2.45, 2.75) is 78.4 Å². The molecule has 0 saturated heterocycles. The summed E-state index contributed by atoms with van der Waals surface area (Å²) in [6.07, 6.45) is 4.13. The summed E-state index contributed by atoms with van der Waals surface area (Å²) in [5.74, 6) is 0. The fraction of sp³-hybridized carbons (Fsp3) is 0.700. The zero-order valence-corrected chi connectivity index (χ0v) is 16.2. The van der Waals surface area contributed by atoms with Crippen LogP contribution in [-0.4, -0.2) is 13.2 Å². The van der Waals surface area contributed by atoms with Gasteiger partial charge < -0.3 is 0 Å². The van der Waals surface area contributed by atoms with Crippen LogP contribution in [0.15, 0.2) is 24.3 Å². The summed E-state index contributed by atoms with van der Waals surface area (Å²) < 4.78 is 0. The Morgan fingerprint density at radius 2 is 1.08 bits per heavy atom. The average molecular weight is 338 g/mol. The maximum atomic E-state index is 5.70. The van der Waals surface area contributed by atoms with Crippen LogP contribution < -0.4 is 0 Å². The van der Waals surface area contributed by atoms with E-state index < -0.39 is 11.2 Å². The minimum atomic E-state index is -0.575. The first-order valence-corrected chi connectivity index (χ1v) is 9.06. The third-order valence-corrected chi connectivity index (χ3v) is 3.92. The van der Waals surface area contributed by atoms with Gasteiger partial charge in [0.05, 0.1) is 13.2 Å². The summed E-state index contributed by atoms with van der Waals surface area (Å²) >= 11 is 0. The molecule has 1 rings (SSSR count). The molecule has 4 nitrogen and oxygen atoms in total. The van der Waals surface area contributed by atoms with Crippen molar-refractivity contribution in [2.75, 3.05) is 13.2 Å². The second kappa shape index (κ2) is 10.1. The van der Waals surface area contributed by atoms with Crippen LogP contribution in [0.5, 0.6) is 0 Å². The first-order valence-electron chi connectivity index (χ1n) is 9.06. The van der Waals surface area contributed by atoms with Crippen molar-refractivity contribution in [3.8, 4) is 0 Å². The van der Waals surface area contributed by atoms with E-state index in [0.29, 0.717) is 13.2 Å². The second-order valence-corrected chi connectivity index (χ2v) is 7.08. The SMILES string of the molecule is CCCCOOC(C)(C)c1ccccc1C(C)(C)OOCCCC. The summed E-state index contributed by atoms with van der Waals surface area (Å²) in [4.78, 5) is 22.2. The van der Waals surface area contributed by atoms with Gasteiger partial charge in [-0.2, -0.15) is 0 Å². The Morgan fingerprint density at radius 1 is 0.708 bits per heavy atom. The zero-order valence-electron chi connectivity index (χ0n) is 16.2. The molecule has 1 aromatic carbocycles. The van der Waals surface area contributed by atoms with Gasteiger partial charge in [0.1, 0.15) is 11.2 Å². The molecular weight excluding hydrogens is 304 g/mol. The first kappa shape index (κ1) is 21.1. The second-order valence-electron chi connectivity index (χ2n) is 7.08. The lowest BCUT2D eigenvalue weighted by Gasteiger charge is -2.32. The van der Waals surface area contributed by atoms with Crippen molar-refractivity contribution in [2.24, 2.45) is 0 Å². The normalized spacial score (nSPS) is 12.6.